The van der Waals surface area contributed by atoms with Crippen molar-refractivity contribution in [1.82, 2.24) is 4.57 Å². The van der Waals surface area contributed by atoms with Crippen LogP contribution < -0.4 is 14.8 Å². The zero-order chi connectivity index (χ0) is 19.6. The van der Waals surface area contributed by atoms with Crippen LogP contribution >= 0.6 is 11.3 Å². The summed E-state index contributed by atoms with van der Waals surface area (Å²) in [5, 5.41) is 18.4. The Labute approximate surface area is 156 Å². The molecule has 0 saturated carbocycles. The minimum atomic E-state index is -0.965. The van der Waals surface area contributed by atoms with Crippen LogP contribution in [0.4, 0.5) is 8.78 Å². The topological polar surface area (TPSA) is 69.6 Å². The van der Waals surface area contributed by atoms with E-state index in [-0.39, 0.29) is 20.5 Å². The zero-order valence-electron chi connectivity index (χ0n) is 14.0. The second-order valence-corrected chi connectivity index (χ2v) is 6.69. The molecule has 27 heavy (non-hydrogen) atoms. The van der Waals surface area contributed by atoms with Crippen LogP contribution in [0, 0.1) is 41.2 Å². The third-order valence-electron chi connectivity index (χ3n) is 3.79. The summed E-state index contributed by atoms with van der Waals surface area (Å²) < 4.78 is 28.7. The Morgan fingerprint density at radius 2 is 1.78 bits per heavy atom. The summed E-state index contributed by atoms with van der Waals surface area (Å²) in [4.78, 5) is 12.9. The first-order valence-corrected chi connectivity index (χ1v) is 8.56. The van der Waals surface area contributed by atoms with Crippen molar-refractivity contribution >= 4 is 23.0 Å². The lowest BCUT2D eigenvalue weighted by molar-refractivity contribution is 0.576. The zero-order valence-corrected chi connectivity index (χ0v) is 14.8. The van der Waals surface area contributed by atoms with E-state index in [1.165, 1.54) is 0 Å². The van der Waals surface area contributed by atoms with Crippen LogP contribution in [0.3, 0.4) is 0 Å². The second-order valence-electron chi connectivity index (χ2n) is 5.66. The van der Waals surface area contributed by atoms with E-state index in [4.69, 9.17) is 0 Å². The molecule has 0 atom stereocenters. The average Bonchev–Trinajstić information content (AvgIpc) is 2.95. The molecule has 0 amide bonds. The molecule has 0 aliphatic heterocycles. The highest BCUT2D eigenvalue weighted by Gasteiger charge is 2.15. The van der Waals surface area contributed by atoms with Crippen LogP contribution in [-0.2, 0) is 0 Å². The fourth-order valence-corrected chi connectivity index (χ4v) is 3.51. The molecule has 3 rings (SSSR count). The van der Waals surface area contributed by atoms with Crippen LogP contribution in [0.15, 0.2) is 47.3 Å². The van der Waals surface area contributed by atoms with Gasteiger partial charge >= 0.3 is 0 Å². The monoisotopic (exact) mass is 379 g/mol. The van der Waals surface area contributed by atoms with Crippen LogP contribution in [0.2, 0.25) is 0 Å². The molecule has 0 N–H and O–H groups in total. The molecule has 1 heterocycles. The van der Waals surface area contributed by atoms with E-state index in [9.17, 15) is 24.1 Å². The molecule has 132 valence electrons. The predicted molar refractivity (Wildman–Crippen MR) is 98.5 cm³/mol. The van der Waals surface area contributed by atoms with Gasteiger partial charge < -0.3 is 0 Å². The van der Waals surface area contributed by atoms with Gasteiger partial charge in [0.15, 0.2) is 5.57 Å². The van der Waals surface area contributed by atoms with E-state index in [2.05, 4.69) is 0 Å². The third-order valence-corrected chi connectivity index (χ3v) is 4.88. The summed E-state index contributed by atoms with van der Waals surface area (Å²) in [6, 6.07) is 13.6. The van der Waals surface area contributed by atoms with Crippen molar-refractivity contribution in [2.45, 2.75) is 6.92 Å². The molecular formula is C20H11F2N3OS. The molecular weight excluding hydrogens is 368 g/mol. The fourth-order valence-electron chi connectivity index (χ4n) is 2.47. The number of nitrogens with zero attached hydrogens (tertiary/aromatic N) is 3. The number of rotatable bonds is 2. The summed E-state index contributed by atoms with van der Waals surface area (Å²) in [5.74, 6) is -1.76. The Balaban J connectivity index is 2.40. The van der Waals surface area contributed by atoms with Crippen molar-refractivity contribution < 1.29 is 8.78 Å². The van der Waals surface area contributed by atoms with Crippen LogP contribution in [-0.4, -0.2) is 4.57 Å². The summed E-state index contributed by atoms with van der Waals surface area (Å²) in [7, 11) is 0. The Morgan fingerprint density at radius 1 is 1.11 bits per heavy atom. The Kier molecular flexibility index (Phi) is 4.98. The van der Waals surface area contributed by atoms with Gasteiger partial charge in [0.1, 0.15) is 28.4 Å². The van der Waals surface area contributed by atoms with Gasteiger partial charge in [-0.05, 0) is 30.7 Å². The largest absolute Gasteiger partial charge is 0.273 e. The fraction of sp³-hybridized carbons (Fsp3) is 0.0500. The maximum Gasteiger partial charge on any atom is 0.273 e. The van der Waals surface area contributed by atoms with E-state index < -0.39 is 17.2 Å². The molecule has 0 aliphatic carbocycles. The maximum absolute atomic E-state index is 14.3. The van der Waals surface area contributed by atoms with Crippen LogP contribution in [0.5, 0.6) is 0 Å². The number of hydrogen-bond donors (Lipinski definition) is 0. The summed E-state index contributed by atoms with van der Waals surface area (Å²) in [5.41, 5.74) is 0.648. The Morgan fingerprint density at radius 3 is 2.37 bits per heavy atom. The number of benzene rings is 2. The number of aryl methyl sites for hydroxylation is 1. The first kappa shape index (κ1) is 18.2. The predicted octanol–water partition coefficient (Wildman–Crippen LogP) is 2.51. The molecule has 0 fully saturated rings. The number of hydrogen-bond acceptors (Lipinski definition) is 4. The number of halogens is 2. The van der Waals surface area contributed by atoms with E-state index in [0.717, 1.165) is 39.2 Å². The molecule has 7 heteroatoms. The van der Waals surface area contributed by atoms with Crippen molar-refractivity contribution in [1.29, 1.82) is 10.5 Å². The highest BCUT2D eigenvalue weighted by atomic mass is 32.1. The lowest BCUT2D eigenvalue weighted by atomic mass is 10.1. The van der Waals surface area contributed by atoms with Gasteiger partial charge in [-0.15, -0.1) is 11.3 Å². The number of nitriles is 2. The van der Waals surface area contributed by atoms with Gasteiger partial charge in [-0.25, -0.2) is 8.78 Å². The highest BCUT2D eigenvalue weighted by molar-refractivity contribution is 7.07. The van der Waals surface area contributed by atoms with Gasteiger partial charge in [-0.3, -0.25) is 9.36 Å². The average molecular weight is 379 g/mol. The molecule has 0 aliphatic rings. The van der Waals surface area contributed by atoms with Gasteiger partial charge in [0.05, 0.1) is 10.2 Å². The first-order valence-electron chi connectivity index (χ1n) is 7.75. The van der Waals surface area contributed by atoms with Gasteiger partial charge in [0.25, 0.3) is 5.56 Å². The molecule has 0 radical (unpaired) electrons. The van der Waals surface area contributed by atoms with Crippen molar-refractivity contribution in [2.75, 3.05) is 0 Å². The van der Waals surface area contributed by atoms with Gasteiger partial charge in [0.2, 0.25) is 0 Å². The first-order chi connectivity index (χ1) is 12.9. The number of aromatic nitrogens is 1. The van der Waals surface area contributed by atoms with Gasteiger partial charge in [-0.2, -0.15) is 10.5 Å². The normalized spacial score (nSPS) is 11.1. The molecule has 0 unspecified atom stereocenters. The van der Waals surface area contributed by atoms with Crippen molar-refractivity contribution in [3.8, 4) is 17.8 Å². The Hall–Kier alpha value is -3.55. The summed E-state index contributed by atoms with van der Waals surface area (Å²) in [6.07, 6.45) is 1.60. The van der Waals surface area contributed by atoms with Crippen molar-refractivity contribution in [2.24, 2.45) is 0 Å². The molecule has 2 aromatic carbocycles. The SMILES string of the molecule is Cc1ccc(/C=c2\sc(=C(C#N)C#N)n(-c3ccc(F)cc3F)c2=O)cc1. The standard InChI is InChI=1S/C20H11F2N3OS/c1-12-2-4-13(5-3-12)8-18-19(26)25(20(27-18)14(10-23)11-24)17-7-6-15(21)9-16(17)22/h2-9H,1H3/b18-8-. The molecule has 0 bridgehead atoms. The molecule has 0 spiro atoms. The highest BCUT2D eigenvalue weighted by Crippen LogP contribution is 2.12. The van der Waals surface area contributed by atoms with Gasteiger partial charge in [-0.1, -0.05) is 29.8 Å². The molecule has 1 aromatic heterocycles. The van der Waals surface area contributed by atoms with E-state index in [1.807, 2.05) is 31.2 Å². The Bertz CT molecular complexity index is 1270. The minimum absolute atomic E-state index is 0.00568. The summed E-state index contributed by atoms with van der Waals surface area (Å²) >= 11 is 0.903. The van der Waals surface area contributed by atoms with Gasteiger partial charge in [0, 0.05) is 6.07 Å². The van der Waals surface area contributed by atoms with Crippen molar-refractivity contribution in [3.05, 3.63) is 84.8 Å². The third kappa shape index (κ3) is 3.55. The second kappa shape index (κ2) is 7.36. The lowest BCUT2D eigenvalue weighted by Gasteiger charge is -2.03. The van der Waals surface area contributed by atoms with E-state index >= 15 is 0 Å². The van der Waals surface area contributed by atoms with E-state index in [0.29, 0.717) is 6.07 Å². The molecule has 4 nitrogen and oxygen atoms in total. The quantitative estimate of drug-likeness (QED) is 0.687. The number of thiazole rings is 1. The lowest BCUT2D eigenvalue weighted by Crippen LogP contribution is -2.31. The minimum Gasteiger partial charge on any atom is -0.267 e. The molecule has 3 aromatic rings. The molecule has 0 saturated heterocycles. The van der Waals surface area contributed by atoms with Crippen molar-refractivity contribution in [3.63, 3.8) is 0 Å². The maximum atomic E-state index is 14.3. The van der Waals surface area contributed by atoms with Crippen LogP contribution in [0.1, 0.15) is 11.1 Å². The smallest absolute Gasteiger partial charge is 0.267 e. The summed E-state index contributed by atoms with van der Waals surface area (Å²) in [6.45, 7) is 1.93. The van der Waals surface area contributed by atoms with E-state index in [1.54, 1.807) is 18.2 Å². The van der Waals surface area contributed by atoms with Crippen LogP contribution in [0.25, 0.3) is 17.3 Å².